The van der Waals surface area contributed by atoms with E-state index >= 15 is 0 Å². The Bertz CT molecular complexity index is 1470. The van der Waals surface area contributed by atoms with Crippen molar-refractivity contribution < 1.29 is 23.5 Å². The Balaban J connectivity index is 1.41. The fraction of sp³-hybridized carbons (Fsp3) is 0.185. The van der Waals surface area contributed by atoms with Crippen LogP contribution in [0.15, 0.2) is 75.4 Å². The number of hydrogen-bond acceptors (Lipinski definition) is 7. The quantitative estimate of drug-likeness (QED) is 0.137. The van der Waals surface area contributed by atoms with Crippen LogP contribution in [0.4, 0.5) is 0 Å². The minimum absolute atomic E-state index is 0.222. The lowest BCUT2D eigenvalue weighted by atomic mass is 9.95. The zero-order chi connectivity index (χ0) is 27.9. The summed E-state index contributed by atoms with van der Waals surface area (Å²) >= 11 is 17.6. The molecule has 0 saturated heterocycles. The topological polar surface area (TPSA) is 114 Å². The van der Waals surface area contributed by atoms with Gasteiger partial charge < -0.3 is 24.5 Å². The second kappa shape index (κ2) is 12.8. The van der Waals surface area contributed by atoms with E-state index in [-0.39, 0.29) is 13.2 Å². The average Bonchev–Trinajstić information content (AvgIpc) is 3.37. The van der Waals surface area contributed by atoms with Crippen LogP contribution in [0.3, 0.4) is 0 Å². The van der Waals surface area contributed by atoms with Crippen molar-refractivity contribution in [2.24, 2.45) is 5.10 Å². The van der Waals surface area contributed by atoms with Crippen LogP contribution >= 0.6 is 35.4 Å². The second-order valence-electron chi connectivity index (χ2n) is 8.21. The van der Waals surface area contributed by atoms with E-state index in [1.54, 1.807) is 68.4 Å². The molecular weight excluding hydrogens is 563 g/mol. The summed E-state index contributed by atoms with van der Waals surface area (Å²) < 4.78 is 16.7. The van der Waals surface area contributed by atoms with Gasteiger partial charge in [-0.15, -0.1) is 0 Å². The van der Waals surface area contributed by atoms with E-state index in [0.29, 0.717) is 54.8 Å². The van der Waals surface area contributed by atoms with Gasteiger partial charge in [-0.2, -0.15) is 5.10 Å². The van der Waals surface area contributed by atoms with Crippen molar-refractivity contribution in [2.75, 3.05) is 13.2 Å². The number of esters is 1. The fourth-order valence-electron chi connectivity index (χ4n) is 3.86. The number of para-hydroxylation sites is 1. The Morgan fingerprint density at radius 1 is 1.15 bits per heavy atom. The first-order chi connectivity index (χ1) is 18.8. The second-order valence-corrected chi connectivity index (χ2v) is 9.41. The summed E-state index contributed by atoms with van der Waals surface area (Å²) in [5.74, 6) is 0.310. The Labute approximate surface area is 240 Å². The van der Waals surface area contributed by atoms with Gasteiger partial charge in [-0.25, -0.2) is 10.2 Å². The molecule has 1 aromatic heterocycles. The number of rotatable bonds is 9. The zero-order valence-corrected chi connectivity index (χ0v) is 23.2. The number of hydrazone groups is 1. The fourth-order valence-corrected chi connectivity index (χ4v) is 4.53. The van der Waals surface area contributed by atoms with E-state index < -0.39 is 17.9 Å². The SMILES string of the molecule is CCOC(=O)C1=C(C)NC(=S)N[C@@H]1c1ccccc1OCC(=O)NN=Cc1ccc(-c2cccc(Cl)c2Cl)o1. The number of halogens is 2. The molecule has 1 atom stereocenters. The molecule has 0 radical (unpaired) electrons. The molecule has 202 valence electrons. The average molecular weight is 587 g/mol. The summed E-state index contributed by atoms with van der Waals surface area (Å²) in [6.45, 7) is 3.36. The predicted molar refractivity (Wildman–Crippen MR) is 153 cm³/mol. The van der Waals surface area contributed by atoms with Crippen LogP contribution in [0, 0.1) is 0 Å². The molecule has 0 fully saturated rings. The smallest absolute Gasteiger partial charge is 0.338 e. The molecule has 0 saturated carbocycles. The molecule has 0 aliphatic carbocycles. The van der Waals surface area contributed by atoms with E-state index in [1.807, 2.05) is 0 Å². The molecule has 1 aliphatic heterocycles. The molecule has 9 nitrogen and oxygen atoms in total. The summed E-state index contributed by atoms with van der Waals surface area (Å²) in [5.41, 5.74) is 4.59. The number of nitrogens with zero attached hydrogens (tertiary/aromatic N) is 1. The number of allylic oxidation sites excluding steroid dienone is 1. The van der Waals surface area contributed by atoms with Gasteiger partial charge in [0, 0.05) is 16.8 Å². The van der Waals surface area contributed by atoms with Gasteiger partial charge in [0.15, 0.2) is 11.7 Å². The minimum atomic E-state index is -0.628. The highest BCUT2D eigenvalue weighted by Crippen LogP contribution is 2.35. The van der Waals surface area contributed by atoms with Crippen molar-refractivity contribution in [3.63, 3.8) is 0 Å². The number of ether oxygens (including phenoxy) is 2. The van der Waals surface area contributed by atoms with Gasteiger partial charge in [0.25, 0.3) is 5.91 Å². The lowest BCUT2D eigenvalue weighted by molar-refractivity contribution is -0.139. The third-order valence-corrected chi connectivity index (χ3v) is 6.62. The third-order valence-electron chi connectivity index (χ3n) is 5.58. The van der Waals surface area contributed by atoms with Crippen LogP contribution < -0.4 is 20.8 Å². The van der Waals surface area contributed by atoms with E-state index in [0.717, 1.165) is 0 Å². The van der Waals surface area contributed by atoms with Crippen molar-refractivity contribution in [1.82, 2.24) is 16.1 Å². The molecule has 0 unspecified atom stereocenters. The molecule has 39 heavy (non-hydrogen) atoms. The largest absolute Gasteiger partial charge is 0.483 e. The molecule has 4 rings (SSSR count). The van der Waals surface area contributed by atoms with Crippen LogP contribution in [0.1, 0.15) is 31.2 Å². The predicted octanol–water partition coefficient (Wildman–Crippen LogP) is 5.14. The number of hydrogen-bond donors (Lipinski definition) is 3. The van der Waals surface area contributed by atoms with Gasteiger partial charge in [0.05, 0.1) is 34.5 Å². The van der Waals surface area contributed by atoms with E-state index in [9.17, 15) is 9.59 Å². The monoisotopic (exact) mass is 586 g/mol. The molecule has 0 spiro atoms. The first-order valence-electron chi connectivity index (χ1n) is 11.8. The number of benzene rings is 2. The van der Waals surface area contributed by atoms with Crippen molar-refractivity contribution in [2.45, 2.75) is 19.9 Å². The molecule has 0 bridgehead atoms. The maximum Gasteiger partial charge on any atom is 0.338 e. The summed E-state index contributed by atoms with van der Waals surface area (Å²) in [4.78, 5) is 25.1. The van der Waals surface area contributed by atoms with Crippen LogP contribution in [-0.2, 0) is 14.3 Å². The van der Waals surface area contributed by atoms with E-state index in [2.05, 4.69) is 21.2 Å². The highest BCUT2D eigenvalue weighted by Gasteiger charge is 2.32. The number of amides is 1. The zero-order valence-electron chi connectivity index (χ0n) is 20.9. The Kier molecular flexibility index (Phi) is 9.23. The highest BCUT2D eigenvalue weighted by atomic mass is 35.5. The van der Waals surface area contributed by atoms with Crippen molar-refractivity contribution >= 4 is 58.6 Å². The van der Waals surface area contributed by atoms with Crippen molar-refractivity contribution in [3.05, 3.63) is 87.2 Å². The molecule has 3 N–H and O–H groups in total. The van der Waals surface area contributed by atoms with Crippen molar-refractivity contribution in [3.8, 4) is 17.1 Å². The van der Waals surface area contributed by atoms with Crippen molar-refractivity contribution in [1.29, 1.82) is 0 Å². The van der Waals surface area contributed by atoms with Crippen LogP contribution in [0.2, 0.25) is 10.0 Å². The first-order valence-corrected chi connectivity index (χ1v) is 13.0. The van der Waals surface area contributed by atoms with E-state index in [4.69, 9.17) is 49.3 Å². The summed E-state index contributed by atoms with van der Waals surface area (Å²) in [6, 6.07) is 15.0. The van der Waals surface area contributed by atoms with Crippen LogP contribution in [0.5, 0.6) is 5.75 Å². The number of furan rings is 1. The van der Waals surface area contributed by atoms with E-state index in [1.165, 1.54) is 6.21 Å². The standard InChI is InChI=1S/C27H24Cl2N4O5S/c1-3-36-26(35)23-15(2)31-27(39)32-25(23)18-7-4-5-10-20(18)37-14-22(34)33-30-13-16-11-12-21(38-16)17-8-6-9-19(28)24(17)29/h4-13,25H,3,14H2,1-2H3,(H,33,34)(H2,31,32,39)/t25-/m1/s1. The molecule has 2 aromatic carbocycles. The van der Waals surface area contributed by atoms with Crippen LogP contribution in [-0.4, -0.2) is 36.4 Å². The summed E-state index contributed by atoms with van der Waals surface area (Å²) in [5, 5.41) is 11.1. The molecule has 1 amide bonds. The maximum atomic E-state index is 12.7. The molecular formula is C27H24Cl2N4O5S. The van der Waals surface area contributed by atoms with Gasteiger partial charge in [0.1, 0.15) is 17.3 Å². The Hall–Kier alpha value is -3.86. The molecule has 12 heteroatoms. The highest BCUT2D eigenvalue weighted by molar-refractivity contribution is 7.80. The Morgan fingerprint density at radius 3 is 2.74 bits per heavy atom. The number of thiocarbonyl (C=S) groups is 1. The maximum absolute atomic E-state index is 12.7. The number of carbonyl (C=O) groups is 2. The lowest BCUT2D eigenvalue weighted by Gasteiger charge is -2.30. The number of nitrogens with one attached hydrogen (secondary N) is 3. The van der Waals surface area contributed by atoms with Gasteiger partial charge >= 0.3 is 5.97 Å². The van der Waals surface area contributed by atoms with Gasteiger partial charge in [-0.3, -0.25) is 4.79 Å². The Morgan fingerprint density at radius 2 is 1.95 bits per heavy atom. The van der Waals surface area contributed by atoms with Crippen LogP contribution in [0.25, 0.3) is 11.3 Å². The minimum Gasteiger partial charge on any atom is -0.483 e. The van der Waals surface area contributed by atoms with Gasteiger partial charge in [-0.05, 0) is 56.4 Å². The first kappa shape index (κ1) is 28.2. The summed E-state index contributed by atoms with van der Waals surface area (Å²) in [7, 11) is 0. The molecule has 3 aromatic rings. The molecule has 1 aliphatic rings. The normalized spacial score (nSPS) is 15.1. The van der Waals surface area contributed by atoms with Gasteiger partial charge in [0.2, 0.25) is 0 Å². The summed E-state index contributed by atoms with van der Waals surface area (Å²) in [6.07, 6.45) is 1.35. The third kappa shape index (κ3) is 6.78. The van der Waals surface area contributed by atoms with Gasteiger partial charge in [-0.1, -0.05) is 47.5 Å². The number of carbonyl (C=O) groups excluding carboxylic acids is 2. The lowest BCUT2D eigenvalue weighted by Crippen LogP contribution is -2.45. The molecule has 2 heterocycles.